The maximum Gasteiger partial charge on any atom is 0.125 e. The third-order valence-electron chi connectivity index (χ3n) is 3.20. The molecule has 0 bridgehead atoms. The lowest BCUT2D eigenvalue weighted by Crippen LogP contribution is -2.30. The number of halogens is 1. The van der Waals surface area contributed by atoms with Gasteiger partial charge in [0.05, 0.1) is 0 Å². The zero-order valence-corrected chi connectivity index (χ0v) is 12.1. The summed E-state index contributed by atoms with van der Waals surface area (Å²) >= 11 is 0. The van der Waals surface area contributed by atoms with E-state index in [-0.39, 0.29) is 5.82 Å². The van der Waals surface area contributed by atoms with Crippen molar-refractivity contribution in [3.63, 3.8) is 0 Å². The van der Waals surface area contributed by atoms with Crippen LogP contribution in [0.2, 0.25) is 0 Å². The van der Waals surface area contributed by atoms with Crippen molar-refractivity contribution in [3.8, 4) is 0 Å². The lowest BCUT2D eigenvalue weighted by Gasteiger charge is -2.28. The molecule has 0 fully saturated rings. The highest BCUT2D eigenvalue weighted by Crippen LogP contribution is 2.22. The van der Waals surface area contributed by atoms with E-state index in [0.717, 1.165) is 17.7 Å². The van der Waals surface area contributed by atoms with Crippen LogP contribution in [0.25, 0.3) is 0 Å². The third-order valence-corrected chi connectivity index (χ3v) is 3.20. The molecule has 1 aromatic carbocycles. The van der Waals surface area contributed by atoms with Crippen molar-refractivity contribution in [2.75, 3.05) is 19.0 Å². The molecule has 0 saturated carbocycles. The molecule has 18 heavy (non-hydrogen) atoms. The number of hydrogen-bond donors (Lipinski definition) is 1. The van der Waals surface area contributed by atoms with Gasteiger partial charge in [0.1, 0.15) is 5.82 Å². The lowest BCUT2D eigenvalue weighted by molar-refractivity contribution is 0.503. The SMILES string of the molecule is CNCc1cc(F)cc(N(C)C(C)CC(C)C)c1. The first-order valence-electron chi connectivity index (χ1n) is 6.61. The molecule has 2 nitrogen and oxygen atoms in total. The van der Waals surface area contributed by atoms with Crippen LogP contribution in [0.3, 0.4) is 0 Å². The highest BCUT2D eigenvalue weighted by molar-refractivity contribution is 5.49. The molecule has 0 saturated heterocycles. The molecule has 0 heterocycles. The molecule has 0 radical (unpaired) electrons. The summed E-state index contributed by atoms with van der Waals surface area (Å²) in [6.07, 6.45) is 1.11. The molecule has 1 aromatic rings. The molecular formula is C15H25FN2. The minimum atomic E-state index is -0.165. The van der Waals surface area contributed by atoms with Crippen molar-refractivity contribution < 1.29 is 4.39 Å². The number of nitrogens with one attached hydrogen (secondary N) is 1. The number of benzene rings is 1. The van der Waals surface area contributed by atoms with Crippen molar-refractivity contribution in [1.82, 2.24) is 5.32 Å². The molecule has 1 unspecified atom stereocenters. The van der Waals surface area contributed by atoms with Gasteiger partial charge in [0, 0.05) is 25.3 Å². The standard InChI is InChI=1S/C15H25FN2/c1-11(2)6-12(3)18(5)15-8-13(10-17-4)7-14(16)9-15/h7-9,11-12,17H,6,10H2,1-5H3. The summed E-state index contributed by atoms with van der Waals surface area (Å²) in [7, 11) is 3.90. The van der Waals surface area contributed by atoms with E-state index in [2.05, 4.69) is 37.1 Å². The monoisotopic (exact) mass is 252 g/mol. The second kappa shape index (κ2) is 6.74. The molecule has 0 aliphatic rings. The van der Waals surface area contributed by atoms with Crippen LogP contribution < -0.4 is 10.2 Å². The number of anilines is 1. The Bertz CT molecular complexity index is 377. The van der Waals surface area contributed by atoms with E-state index in [1.165, 1.54) is 0 Å². The smallest absolute Gasteiger partial charge is 0.125 e. The molecule has 3 heteroatoms. The van der Waals surface area contributed by atoms with E-state index < -0.39 is 0 Å². The van der Waals surface area contributed by atoms with Crippen molar-refractivity contribution in [2.45, 2.75) is 39.8 Å². The van der Waals surface area contributed by atoms with Gasteiger partial charge in [0.15, 0.2) is 0 Å². The van der Waals surface area contributed by atoms with Gasteiger partial charge in [-0.3, -0.25) is 0 Å². The van der Waals surface area contributed by atoms with Crippen LogP contribution in [-0.2, 0) is 6.54 Å². The Hall–Kier alpha value is -1.09. The van der Waals surface area contributed by atoms with E-state index in [0.29, 0.717) is 18.5 Å². The number of nitrogens with zero attached hydrogens (tertiary/aromatic N) is 1. The normalized spacial score (nSPS) is 12.8. The van der Waals surface area contributed by atoms with Crippen molar-refractivity contribution in [2.24, 2.45) is 5.92 Å². The van der Waals surface area contributed by atoms with Crippen LogP contribution in [-0.4, -0.2) is 20.1 Å². The van der Waals surface area contributed by atoms with Crippen molar-refractivity contribution in [1.29, 1.82) is 0 Å². The first kappa shape index (κ1) is 15.0. The van der Waals surface area contributed by atoms with Gasteiger partial charge in [0.25, 0.3) is 0 Å². The van der Waals surface area contributed by atoms with Gasteiger partial charge in [-0.1, -0.05) is 13.8 Å². The zero-order chi connectivity index (χ0) is 13.7. The predicted molar refractivity (Wildman–Crippen MR) is 76.5 cm³/mol. The fourth-order valence-electron chi connectivity index (χ4n) is 2.24. The highest BCUT2D eigenvalue weighted by Gasteiger charge is 2.13. The van der Waals surface area contributed by atoms with Gasteiger partial charge in [-0.25, -0.2) is 4.39 Å². The maximum atomic E-state index is 13.6. The second-order valence-electron chi connectivity index (χ2n) is 5.44. The average molecular weight is 252 g/mol. The van der Waals surface area contributed by atoms with Gasteiger partial charge in [0.2, 0.25) is 0 Å². The molecule has 0 amide bonds. The van der Waals surface area contributed by atoms with Crippen LogP contribution in [0.1, 0.15) is 32.8 Å². The van der Waals surface area contributed by atoms with Crippen LogP contribution in [0.4, 0.5) is 10.1 Å². The van der Waals surface area contributed by atoms with Crippen molar-refractivity contribution >= 4 is 5.69 Å². The summed E-state index contributed by atoms with van der Waals surface area (Å²) in [5, 5.41) is 3.05. The summed E-state index contributed by atoms with van der Waals surface area (Å²) in [4.78, 5) is 2.15. The first-order chi connectivity index (χ1) is 8.43. The molecule has 1 N–H and O–H groups in total. The second-order valence-corrected chi connectivity index (χ2v) is 5.44. The molecule has 102 valence electrons. The van der Waals surface area contributed by atoms with Crippen LogP contribution in [0.15, 0.2) is 18.2 Å². The van der Waals surface area contributed by atoms with E-state index in [4.69, 9.17) is 0 Å². The molecular weight excluding hydrogens is 227 g/mol. The summed E-state index contributed by atoms with van der Waals surface area (Å²) in [5.74, 6) is 0.481. The van der Waals surface area contributed by atoms with E-state index in [9.17, 15) is 4.39 Å². The lowest BCUT2D eigenvalue weighted by atomic mass is 10.0. The fraction of sp³-hybridized carbons (Fsp3) is 0.600. The van der Waals surface area contributed by atoms with Gasteiger partial charge < -0.3 is 10.2 Å². The Labute approximate surface area is 110 Å². The summed E-state index contributed by atoms with van der Waals surface area (Å²) in [6.45, 7) is 7.30. The van der Waals surface area contributed by atoms with Gasteiger partial charge in [-0.05, 0) is 50.1 Å². The van der Waals surface area contributed by atoms with E-state index >= 15 is 0 Å². The van der Waals surface area contributed by atoms with E-state index in [1.807, 2.05) is 14.1 Å². The average Bonchev–Trinajstić information content (AvgIpc) is 2.26. The Morgan fingerprint density at radius 2 is 1.89 bits per heavy atom. The topological polar surface area (TPSA) is 15.3 Å². The summed E-state index contributed by atoms with van der Waals surface area (Å²) < 4.78 is 13.6. The predicted octanol–water partition coefficient (Wildman–Crippen LogP) is 3.42. The Morgan fingerprint density at radius 3 is 2.44 bits per heavy atom. The Morgan fingerprint density at radius 1 is 1.22 bits per heavy atom. The maximum absolute atomic E-state index is 13.6. The molecule has 0 aliphatic heterocycles. The summed E-state index contributed by atoms with van der Waals surface area (Å²) in [5.41, 5.74) is 1.93. The van der Waals surface area contributed by atoms with Crippen LogP contribution >= 0.6 is 0 Å². The minimum Gasteiger partial charge on any atom is -0.372 e. The molecule has 0 aliphatic carbocycles. The summed E-state index contributed by atoms with van der Waals surface area (Å²) in [6, 6.07) is 5.65. The molecule has 1 rings (SSSR count). The first-order valence-corrected chi connectivity index (χ1v) is 6.61. The highest BCUT2D eigenvalue weighted by atomic mass is 19.1. The Kier molecular flexibility index (Phi) is 5.60. The molecule has 0 spiro atoms. The zero-order valence-electron chi connectivity index (χ0n) is 12.1. The van der Waals surface area contributed by atoms with Crippen LogP contribution in [0, 0.1) is 11.7 Å². The van der Waals surface area contributed by atoms with Crippen LogP contribution in [0.5, 0.6) is 0 Å². The van der Waals surface area contributed by atoms with Gasteiger partial charge in [-0.15, -0.1) is 0 Å². The van der Waals surface area contributed by atoms with E-state index in [1.54, 1.807) is 12.1 Å². The van der Waals surface area contributed by atoms with Crippen molar-refractivity contribution in [3.05, 3.63) is 29.6 Å². The fourth-order valence-corrected chi connectivity index (χ4v) is 2.24. The minimum absolute atomic E-state index is 0.165. The molecule has 0 aromatic heterocycles. The number of rotatable bonds is 6. The molecule has 1 atom stereocenters. The van der Waals surface area contributed by atoms with Gasteiger partial charge >= 0.3 is 0 Å². The van der Waals surface area contributed by atoms with Gasteiger partial charge in [-0.2, -0.15) is 0 Å². The Balaban J connectivity index is 2.87. The third kappa shape index (κ3) is 4.30. The quantitative estimate of drug-likeness (QED) is 0.834. The largest absolute Gasteiger partial charge is 0.372 e. The number of hydrogen-bond acceptors (Lipinski definition) is 2.